The molecule has 7 heteroatoms. The smallest absolute Gasteiger partial charge is 0.203 e. The first-order valence-electron chi connectivity index (χ1n) is 6.69. The molecule has 0 atom stereocenters. The highest BCUT2D eigenvalue weighted by Gasteiger charge is 2.65. The lowest BCUT2D eigenvalue weighted by Gasteiger charge is -2.22. The van der Waals surface area contributed by atoms with Gasteiger partial charge in [-0.25, -0.2) is 8.78 Å². The van der Waals surface area contributed by atoms with E-state index < -0.39 is 34.5 Å². The van der Waals surface area contributed by atoms with E-state index in [1.54, 1.807) is 48.5 Å². The van der Waals surface area contributed by atoms with Crippen molar-refractivity contribution in [3.05, 3.63) is 48.5 Å². The molecular formula is C16H11F6S+. The molecule has 0 saturated heterocycles. The summed E-state index contributed by atoms with van der Waals surface area (Å²) in [6.07, 6.45) is -4.41. The fourth-order valence-corrected chi connectivity index (χ4v) is 4.99. The molecule has 0 aliphatic heterocycles. The number of rotatable bonds is 4. The third kappa shape index (κ3) is 2.47. The quantitative estimate of drug-likeness (QED) is 0.384. The van der Waals surface area contributed by atoms with Crippen LogP contribution in [0.25, 0.3) is 20.2 Å². The lowest BCUT2D eigenvalue weighted by atomic mass is 10.2. The van der Waals surface area contributed by atoms with Gasteiger partial charge in [-0.1, -0.05) is 24.3 Å². The van der Waals surface area contributed by atoms with E-state index in [-0.39, 0.29) is 0 Å². The Labute approximate surface area is 130 Å². The topological polar surface area (TPSA) is 0 Å². The zero-order chi connectivity index (χ0) is 16.8. The number of fused-ring (bicyclic) bond motifs is 3. The number of halogens is 6. The maximum atomic E-state index is 13.9. The van der Waals surface area contributed by atoms with Crippen molar-refractivity contribution in [3.8, 4) is 0 Å². The van der Waals surface area contributed by atoms with E-state index in [0.717, 1.165) is 0 Å². The molecule has 0 fully saturated rings. The molecule has 0 aliphatic rings. The van der Waals surface area contributed by atoms with Crippen LogP contribution in [0.3, 0.4) is 0 Å². The van der Waals surface area contributed by atoms with Gasteiger partial charge in [-0.2, -0.15) is 17.6 Å². The number of benzene rings is 2. The zero-order valence-electron chi connectivity index (χ0n) is 11.6. The van der Waals surface area contributed by atoms with Crippen molar-refractivity contribution in [1.29, 1.82) is 0 Å². The van der Waals surface area contributed by atoms with Crippen LogP contribution in [0.15, 0.2) is 48.5 Å². The minimum atomic E-state index is -5.35. The van der Waals surface area contributed by atoms with Crippen molar-refractivity contribution in [2.75, 3.05) is 0 Å². The van der Waals surface area contributed by atoms with E-state index in [1.807, 2.05) is 0 Å². The van der Waals surface area contributed by atoms with E-state index in [4.69, 9.17) is 0 Å². The average molecular weight is 349 g/mol. The number of hydrogen-bond donors (Lipinski definition) is 0. The van der Waals surface area contributed by atoms with Gasteiger partial charge in [0.15, 0.2) is 15.2 Å². The predicted molar refractivity (Wildman–Crippen MR) is 79.8 cm³/mol. The molecule has 23 heavy (non-hydrogen) atoms. The molecular weight excluding hydrogens is 338 g/mol. The van der Waals surface area contributed by atoms with Crippen molar-refractivity contribution in [1.82, 2.24) is 0 Å². The third-order valence-corrected chi connectivity index (χ3v) is 6.11. The van der Waals surface area contributed by atoms with E-state index in [0.29, 0.717) is 20.2 Å². The Kier molecular flexibility index (Phi) is 3.78. The molecule has 3 rings (SSSR count). The van der Waals surface area contributed by atoms with Crippen LogP contribution in [0.4, 0.5) is 26.3 Å². The van der Waals surface area contributed by atoms with Crippen molar-refractivity contribution in [2.45, 2.75) is 24.0 Å². The molecule has 0 radical (unpaired) electrons. The second-order valence-electron chi connectivity index (χ2n) is 5.16. The zero-order valence-corrected chi connectivity index (χ0v) is 12.4. The second kappa shape index (κ2) is 5.40. The summed E-state index contributed by atoms with van der Waals surface area (Å²) in [5.74, 6) is -11.5. The molecule has 1 heterocycles. The van der Waals surface area contributed by atoms with E-state index >= 15 is 0 Å². The van der Waals surface area contributed by atoms with Gasteiger partial charge in [-0.3, -0.25) is 0 Å². The first kappa shape index (κ1) is 16.1. The summed E-state index contributed by atoms with van der Waals surface area (Å²) < 4.78 is 79.9. The van der Waals surface area contributed by atoms with Crippen molar-refractivity contribution < 1.29 is 26.3 Å². The molecule has 3 aromatic rings. The lowest BCUT2D eigenvalue weighted by Crippen LogP contribution is -2.47. The lowest BCUT2D eigenvalue weighted by molar-refractivity contribution is -0.259. The number of hydrogen-bond acceptors (Lipinski definition) is 0. The Morgan fingerprint density at radius 3 is 1.65 bits per heavy atom. The van der Waals surface area contributed by atoms with Gasteiger partial charge in [0.05, 0.1) is 0 Å². The fourth-order valence-electron chi connectivity index (χ4n) is 2.52. The summed E-state index contributed by atoms with van der Waals surface area (Å²) in [4.78, 5) is 0. The van der Waals surface area contributed by atoms with Gasteiger partial charge in [0.1, 0.15) is 0 Å². The van der Waals surface area contributed by atoms with Gasteiger partial charge in [-0.15, -0.1) is 0 Å². The van der Waals surface area contributed by atoms with Crippen molar-refractivity contribution >= 4 is 30.6 Å². The average Bonchev–Trinajstić information content (AvgIpc) is 2.82. The number of thiophene rings is 1. The molecule has 0 N–H and O–H groups in total. The molecule has 0 bridgehead atoms. The highest BCUT2D eigenvalue weighted by molar-refractivity contribution is 7.42. The van der Waals surface area contributed by atoms with Crippen LogP contribution >= 0.6 is 10.5 Å². The molecule has 0 amide bonds. The largest absolute Gasteiger partial charge is 0.374 e. The van der Waals surface area contributed by atoms with Gasteiger partial charge in [0.2, 0.25) is 0 Å². The summed E-state index contributed by atoms with van der Waals surface area (Å²) >= 11 is 0. The van der Waals surface area contributed by atoms with Crippen LogP contribution < -0.4 is 0 Å². The molecule has 2 aromatic carbocycles. The van der Waals surface area contributed by atoms with Crippen LogP contribution in [0.2, 0.25) is 0 Å². The molecule has 0 unspecified atom stereocenters. The maximum Gasteiger partial charge on any atom is 0.374 e. The first-order chi connectivity index (χ1) is 10.8. The molecule has 0 nitrogen and oxygen atoms in total. The minimum Gasteiger partial charge on any atom is -0.203 e. The van der Waals surface area contributed by atoms with Crippen LogP contribution in [-0.2, 0) is 5.75 Å². The van der Waals surface area contributed by atoms with Crippen LogP contribution in [-0.4, -0.2) is 18.3 Å². The summed E-state index contributed by atoms with van der Waals surface area (Å²) in [6, 6.07) is 13.3. The Balaban J connectivity index is 2.19. The molecule has 0 spiro atoms. The highest BCUT2D eigenvalue weighted by atomic mass is 32.2. The normalized spacial score (nSPS) is 13.3. The van der Waals surface area contributed by atoms with E-state index in [2.05, 4.69) is 0 Å². The molecule has 1 aromatic heterocycles. The van der Waals surface area contributed by atoms with Crippen molar-refractivity contribution in [2.24, 2.45) is 0 Å². The Morgan fingerprint density at radius 2 is 1.22 bits per heavy atom. The van der Waals surface area contributed by atoms with Gasteiger partial charge in [0.25, 0.3) is 0 Å². The highest BCUT2D eigenvalue weighted by Crippen LogP contribution is 2.50. The standard InChI is InChI=1S/C16H11F6S/c17-14(18)16(21,22)15(19,20)9-23-12-7-3-1-5-10(12)11-6-2-4-8-13(11)23/h1-8,14H,9H2/q+1. The van der Waals surface area contributed by atoms with Gasteiger partial charge in [0, 0.05) is 10.8 Å². The van der Waals surface area contributed by atoms with Crippen molar-refractivity contribution in [3.63, 3.8) is 0 Å². The van der Waals surface area contributed by atoms with E-state index in [9.17, 15) is 26.3 Å². The predicted octanol–water partition coefficient (Wildman–Crippen LogP) is 6.28. The minimum absolute atomic E-state index is 0.485. The fraction of sp³-hybridized carbons (Fsp3) is 0.250. The van der Waals surface area contributed by atoms with Crippen LogP contribution in [0, 0.1) is 0 Å². The third-order valence-electron chi connectivity index (χ3n) is 3.68. The summed E-state index contributed by atoms with van der Waals surface area (Å²) in [5.41, 5.74) is 0. The molecule has 0 aliphatic carbocycles. The summed E-state index contributed by atoms with van der Waals surface area (Å²) in [6.45, 7) is 0. The Hall–Kier alpha value is -1.76. The van der Waals surface area contributed by atoms with E-state index in [1.165, 1.54) is 0 Å². The monoisotopic (exact) mass is 349 g/mol. The SMILES string of the molecule is FC(F)C(F)(F)C(F)(F)C[s+]1c2ccccc2c2ccccc21. The van der Waals surface area contributed by atoms with Gasteiger partial charge < -0.3 is 0 Å². The maximum absolute atomic E-state index is 13.9. The van der Waals surface area contributed by atoms with Gasteiger partial charge in [-0.05, 0) is 34.7 Å². The summed E-state index contributed by atoms with van der Waals surface area (Å²) in [7, 11) is -1.37. The Morgan fingerprint density at radius 1 is 0.783 bits per heavy atom. The van der Waals surface area contributed by atoms with Crippen LogP contribution in [0.5, 0.6) is 0 Å². The van der Waals surface area contributed by atoms with Gasteiger partial charge >= 0.3 is 18.3 Å². The van der Waals surface area contributed by atoms with Crippen LogP contribution in [0.1, 0.15) is 0 Å². The second-order valence-corrected chi connectivity index (χ2v) is 7.11. The molecule has 122 valence electrons. The summed E-state index contributed by atoms with van der Waals surface area (Å²) in [5, 5.41) is 1.37. The molecule has 0 saturated carbocycles. The Bertz CT molecular complexity index is 799. The number of alkyl halides is 6. The first-order valence-corrected chi connectivity index (χ1v) is 8.08.